The van der Waals surface area contributed by atoms with Gasteiger partial charge in [-0.15, -0.1) is 0 Å². The summed E-state index contributed by atoms with van der Waals surface area (Å²) in [5, 5.41) is 2.39. The van der Waals surface area contributed by atoms with Gasteiger partial charge in [0.2, 0.25) is 0 Å². The number of nitrogens with one attached hydrogen (secondary N) is 1. The van der Waals surface area contributed by atoms with Crippen molar-refractivity contribution in [3.63, 3.8) is 0 Å². The van der Waals surface area contributed by atoms with Crippen LogP contribution in [0.1, 0.15) is 5.56 Å². The van der Waals surface area contributed by atoms with Crippen LogP contribution in [0.5, 0.6) is 0 Å². The molecule has 3 N–H and O–H groups in total. The van der Waals surface area contributed by atoms with Crippen LogP contribution in [-0.2, 0) is 16.0 Å². The minimum Gasteiger partial charge on any atom is -0.392 e. The van der Waals surface area contributed by atoms with Crippen LogP contribution in [0, 0.1) is 0 Å². The molecule has 2 rings (SSSR count). The Morgan fingerprint density at radius 1 is 1.39 bits per heavy atom. The zero-order chi connectivity index (χ0) is 13.1. The minimum atomic E-state index is -0.681. The highest BCUT2D eigenvalue weighted by Gasteiger charge is 2.28. The number of hydrogen-bond donors (Lipinski definition) is 2. The first-order valence-corrected chi connectivity index (χ1v) is 5.96. The highest BCUT2D eigenvalue weighted by molar-refractivity contribution is 7.80. The molecule has 0 aromatic heterocycles. The van der Waals surface area contributed by atoms with E-state index in [0.717, 1.165) is 17.7 Å². The van der Waals surface area contributed by atoms with Gasteiger partial charge in [0.1, 0.15) is 0 Å². The molecule has 94 valence electrons. The van der Waals surface area contributed by atoms with Crippen molar-refractivity contribution in [3.05, 3.63) is 29.8 Å². The molecule has 1 aliphatic rings. The molecule has 0 bridgehead atoms. The Hall–Kier alpha value is -1.95. The van der Waals surface area contributed by atoms with Crippen molar-refractivity contribution in [1.29, 1.82) is 0 Å². The fourth-order valence-corrected chi connectivity index (χ4v) is 1.99. The summed E-state index contributed by atoms with van der Waals surface area (Å²) in [7, 11) is 0. The number of nitrogens with two attached hydrogens (primary N) is 1. The SMILES string of the molecule is NC(=S)CNC(=O)C(=O)N1CCc2ccccc21. The molecule has 0 saturated heterocycles. The summed E-state index contributed by atoms with van der Waals surface area (Å²) in [5.74, 6) is -1.25. The summed E-state index contributed by atoms with van der Waals surface area (Å²) >= 11 is 4.64. The average Bonchev–Trinajstić information content (AvgIpc) is 2.78. The monoisotopic (exact) mass is 263 g/mol. The standard InChI is InChI=1S/C12H13N3O2S/c13-10(18)7-14-11(16)12(17)15-6-5-8-3-1-2-4-9(8)15/h1-4H,5-7H2,(H2,13,18)(H,14,16). The second-order valence-electron chi connectivity index (χ2n) is 3.98. The van der Waals surface area contributed by atoms with Gasteiger partial charge < -0.3 is 16.0 Å². The summed E-state index contributed by atoms with van der Waals surface area (Å²) in [5.41, 5.74) is 7.14. The maximum Gasteiger partial charge on any atom is 0.316 e. The van der Waals surface area contributed by atoms with E-state index in [1.807, 2.05) is 24.3 Å². The van der Waals surface area contributed by atoms with Crippen LogP contribution in [-0.4, -0.2) is 29.9 Å². The number of carbonyl (C=O) groups excluding carboxylic acids is 2. The number of hydrogen-bond acceptors (Lipinski definition) is 3. The Morgan fingerprint density at radius 3 is 2.83 bits per heavy atom. The second-order valence-corrected chi connectivity index (χ2v) is 4.51. The van der Waals surface area contributed by atoms with Crippen molar-refractivity contribution in [1.82, 2.24) is 5.32 Å². The topological polar surface area (TPSA) is 75.4 Å². The molecule has 0 spiro atoms. The van der Waals surface area contributed by atoms with E-state index in [-0.39, 0.29) is 11.5 Å². The Kier molecular flexibility index (Phi) is 3.57. The molecule has 1 heterocycles. The Bertz CT molecular complexity index is 516. The molecule has 1 aliphatic heterocycles. The predicted molar refractivity (Wildman–Crippen MR) is 72.3 cm³/mol. The van der Waals surface area contributed by atoms with Gasteiger partial charge in [-0.3, -0.25) is 9.59 Å². The number of anilines is 1. The number of carbonyl (C=O) groups is 2. The molecule has 2 amide bonds. The molecule has 1 aromatic carbocycles. The first-order chi connectivity index (χ1) is 8.59. The van der Waals surface area contributed by atoms with Crippen LogP contribution >= 0.6 is 12.2 Å². The molecule has 0 saturated carbocycles. The van der Waals surface area contributed by atoms with Gasteiger partial charge in [-0.2, -0.15) is 0 Å². The lowest BCUT2D eigenvalue weighted by molar-refractivity contribution is -0.137. The maximum atomic E-state index is 12.0. The lowest BCUT2D eigenvalue weighted by Crippen LogP contribution is -2.44. The van der Waals surface area contributed by atoms with E-state index in [9.17, 15) is 9.59 Å². The average molecular weight is 263 g/mol. The summed E-state index contributed by atoms with van der Waals surface area (Å²) in [6, 6.07) is 7.55. The Morgan fingerprint density at radius 2 is 2.11 bits per heavy atom. The molecule has 0 unspecified atom stereocenters. The van der Waals surface area contributed by atoms with Crippen molar-refractivity contribution in [2.24, 2.45) is 5.73 Å². The fraction of sp³-hybridized carbons (Fsp3) is 0.250. The normalized spacial score (nSPS) is 13.0. The van der Waals surface area contributed by atoms with Crippen LogP contribution < -0.4 is 16.0 Å². The Balaban J connectivity index is 2.07. The quantitative estimate of drug-likeness (QED) is 0.581. The molecule has 5 nitrogen and oxygen atoms in total. The van der Waals surface area contributed by atoms with Gasteiger partial charge >= 0.3 is 11.8 Å². The number of amides is 2. The molecular formula is C12H13N3O2S. The lowest BCUT2D eigenvalue weighted by atomic mass is 10.2. The van der Waals surface area contributed by atoms with E-state index in [0.29, 0.717) is 6.54 Å². The molecule has 0 atom stereocenters. The van der Waals surface area contributed by atoms with E-state index in [1.165, 1.54) is 4.90 Å². The third-order valence-electron chi connectivity index (χ3n) is 2.75. The van der Waals surface area contributed by atoms with Crippen LogP contribution in [0.3, 0.4) is 0 Å². The summed E-state index contributed by atoms with van der Waals surface area (Å²) < 4.78 is 0. The maximum absolute atomic E-state index is 12.0. The van der Waals surface area contributed by atoms with Gasteiger partial charge in [0, 0.05) is 12.2 Å². The first-order valence-electron chi connectivity index (χ1n) is 5.55. The first kappa shape index (κ1) is 12.5. The summed E-state index contributed by atoms with van der Waals surface area (Å²) in [6.07, 6.45) is 0.768. The van der Waals surface area contributed by atoms with E-state index in [2.05, 4.69) is 17.5 Å². The number of fused-ring (bicyclic) bond motifs is 1. The number of thiocarbonyl (C=S) groups is 1. The second kappa shape index (κ2) is 5.14. The fourth-order valence-electron chi connectivity index (χ4n) is 1.91. The zero-order valence-electron chi connectivity index (χ0n) is 9.68. The molecule has 0 radical (unpaired) electrons. The van der Waals surface area contributed by atoms with Crippen LogP contribution in [0.15, 0.2) is 24.3 Å². The molecule has 0 aliphatic carbocycles. The number of benzene rings is 1. The van der Waals surface area contributed by atoms with E-state index < -0.39 is 11.8 Å². The number of nitrogens with zero attached hydrogens (tertiary/aromatic N) is 1. The third-order valence-corrected chi connectivity index (χ3v) is 2.89. The van der Waals surface area contributed by atoms with Crippen molar-refractivity contribution in [3.8, 4) is 0 Å². The van der Waals surface area contributed by atoms with Crippen LogP contribution in [0.25, 0.3) is 0 Å². The predicted octanol–water partition coefficient (Wildman–Crippen LogP) is -0.0220. The van der Waals surface area contributed by atoms with E-state index >= 15 is 0 Å². The van der Waals surface area contributed by atoms with Crippen molar-refractivity contribution < 1.29 is 9.59 Å². The number of para-hydroxylation sites is 1. The van der Waals surface area contributed by atoms with Gasteiger partial charge in [-0.25, -0.2) is 0 Å². The molecule has 18 heavy (non-hydrogen) atoms. The van der Waals surface area contributed by atoms with Gasteiger partial charge in [0.05, 0.1) is 11.5 Å². The molecular weight excluding hydrogens is 250 g/mol. The third kappa shape index (κ3) is 2.48. The van der Waals surface area contributed by atoms with Gasteiger partial charge in [0.25, 0.3) is 0 Å². The Labute approximate surface area is 110 Å². The largest absolute Gasteiger partial charge is 0.392 e. The smallest absolute Gasteiger partial charge is 0.316 e. The van der Waals surface area contributed by atoms with E-state index in [1.54, 1.807) is 0 Å². The van der Waals surface area contributed by atoms with Crippen LogP contribution in [0.2, 0.25) is 0 Å². The van der Waals surface area contributed by atoms with Crippen molar-refractivity contribution >= 4 is 34.7 Å². The molecule has 6 heteroatoms. The van der Waals surface area contributed by atoms with Crippen molar-refractivity contribution in [2.45, 2.75) is 6.42 Å². The van der Waals surface area contributed by atoms with Gasteiger partial charge in [-0.05, 0) is 18.1 Å². The summed E-state index contributed by atoms with van der Waals surface area (Å²) in [4.78, 5) is 25.2. The highest BCUT2D eigenvalue weighted by Crippen LogP contribution is 2.27. The summed E-state index contributed by atoms with van der Waals surface area (Å²) in [6.45, 7) is 0.564. The van der Waals surface area contributed by atoms with Gasteiger partial charge in [0.15, 0.2) is 0 Å². The molecule has 1 aromatic rings. The minimum absolute atomic E-state index is 0.0371. The van der Waals surface area contributed by atoms with E-state index in [4.69, 9.17) is 5.73 Å². The van der Waals surface area contributed by atoms with Crippen molar-refractivity contribution in [2.75, 3.05) is 18.0 Å². The molecule has 0 fully saturated rings. The number of rotatable bonds is 2. The van der Waals surface area contributed by atoms with Crippen LogP contribution in [0.4, 0.5) is 5.69 Å². The zero-order valence-corrected chi connectivity index (χ0v) is 10.5. The highest BCUT2D eigenvalue weighted by atomic mass is 32.1. The lowest BCUT2D eigenvalue weighted by Gasteiger charge is -2.16. The van der Waals surface area contributed by atoms with Gasteiger partial charge in [-0.1, -0.05) is 30.4 Å².